The van der Waals surface area contributed by atoms with Crippen LogP contribution in [0.1, 0.15) is 16.8 Å². The number of rotatable bonds is 7. The largest absolute Gasteiger partial charge is 0.496 e. The number of allylic oxidation sites excluding steroid dienone is 3. The summed E-state index contributed by atoms with van der Waals surface area (Å²) < 4.78 is 10.3. The first kappa shape index (κ1) is 14.8. The van der Waals surface area contributed by atoms with Crippen molar-refractivity contribution in [3.63, 3.8) is 0 Å². The molecule has 0 atom stereocenters. The molecule has 0 saturated heterocycles. The van der Waals surface area contributed by atoms with E-state index in [0.717, 1.165) is 5.57 Å². The molecular formula is C16H18O3. The lowest BCUT2D eigenvalue weighted by atomic mass is 10.2. The smallest absolute Gasteiger partial charge is 0.341 e. The summed E-state index contributed by atoms with van der Waals surface area (Å²) in [7, 11) is 1.52. The molecule has 0 fully saturated rings. The van der Waals surface area contributed by atoms with Gasteiger partial charge in [0.25, 0.3) is 0 Å². The molecule has 0 saturated carbocycles. The van der Waals surface area contributed by atoms with Crippen molar-refractivity contribution in [2.24, 2.45) is 0 Å². The Morgan fingerprint density at radius 2 is 2.05 bits per heavy atom. The average molecular weight is 258 g/mol. The van der Waals surface area contributed by atoms with Crippen LogP contribution < -0.4 is 4.74 Å². The number of carbonyl (C=O) groups is 1. The second-order valence-corrected chi connectivity index (χ2v) is 3.77. The zero-order valence-corrected chi connectivity index (χ0v) is 11.1. The fraction of sp³-hybridized carbons (Fsp3) is 0.188. The summed E-state index contributed by atoms with van der Waals surface area (Å²) in [5.74, 6) is 0.123. The zero-order chi connectivity index (χ0) is 14.1. The third kappa shape index (κ3) is 4.47. The lowest BCUT2D eigenvalue weighted by Gasteiger charge is -2.08. The standard InChI is InChI=1S/C16H18O3/c1-4-8-13(5-2)11-12-19-16(17)14-9-6-7-10-15(14)18-3/h4-10H,1-2,11-12H2,3H3/b13-8+. The van der Waals surface area contributed by atoms with Crippen LogP contribution in [-0.4, -0.2) is 19.7 Å². The van der Waals surface area contributed by atoms with Crippen LogP contribution in [0.3, 0.4) is 0 Å². The second kappa shape index (κ2) is 7.93. The summed E-state index contributed by atoms with van der Waals surface area (Å²) in [4.78, 5) is 11.9. The molecule has 0 amide bonds. The molecule has 0 heterocycles. The highest BCUT2D eigenvalue weighted by Gasteiger charge is 2.12. The predicted octanol–water partition coefficient (Wildman–Crippen LogP) is 3.54. The summed E-state index contributed by atoms with van der Waals surface area (Å²) >= 11 is 0. The molecule has 0 aromatic heterocycles. The minimum atomic E-state index is -0.389. The maximum atomic E-state index is 11.9. The molecule has 0 aliphatic carbocycles. The molecule has 0 aliphatic rings. The predicted molar refractivity (Wildman–Crippen MR) is 76.4 cm³/mol. The van der Waals surface area contributed by atoms with Gasteiger partial charge in [-0.15, -0.1) is 0 Å². The monoisotopic (exact) mass is 258 g/mol. The Bertz CT molecular complexity index is 487. The van der Waals surface area contributed by atoms with E-state index in [1.807, 2.05) is 6.08 Å². The van der Waals surface area contributed by atoms with Gasteiger partial charge in [0.2, 0.25) is 0 Å². The number of hydrogen-bond acceptors (Lipinski definition) is 3. The van der Waals surface area contributed by atoms with Crippen molar-refractivity contribution in [2.75, 3.05) is 13.7 Å². The van der Waals surface area contributed by atoms with Gasteiger partial charge < -0.3 is 9.47 Å². The molecule has 0 bridgehead atoms. The Labute approximate surface area is 113 Å². The van der Waals surface area contributed by atoms with Crippen molar-refractivity contribution < 1.29 is 14.3 Å². The van der Waals surface area contributed by atoms with E-state index in [1.54, 1.807) is 36.4 Å². The topological polar surface area (TPSA) is 35.5 Å². The molecule has 0 radical (unpaired) electrons. The van der Waals surface area contributed by atoms with Crippen LogP contribution in [0.2, 0.25) is 0 Å². The Balaban J connectivity index is 2.58. The first-order chi connectivity index (χ1) is 9.22. The van der Waals surface area contributed by atoms with Crippen LogP contribution in [0.4, 0.5) is 0 Å². The van der Waals surface area contributed by atoms with Gasteiger partial charge in [-0.3, -0.25) is 0 Å². The van der Waals surface area contributed by atoms with E-state index in [4.69, 9.17) is 9.47 Å². The highest BCUT2D eigenvalue weighted by Crippen LogP contribution is 2.18. The van der Waals surface area contributed by atoms with E-state index >= 15 is 0 Å². The van der Waals surface area contributed by atoms with E-state index in [2.05, 4.69) is 13.2 Å². The second-order valence-electron chi connectivity index (χ2n) is 3.77. The van der Waals surface area contributed by atoms with Crippen molar-refractivity contribution in [1.82, 2.24) is 0 Å². The normalized spacial score (nSPS) is 10.7. The van der Waals surface area contributed by atoms with Gasteiger partial charge in [-0.25, -0.2) is 4.79 Å². The molecule has 3 nitrogen and oxygen atoms in total. The molecule has 1 rings (SSSR count). The van der Waals surface area contributed by atoms with Crippen molar-refractivity contribution in [3.05, 3.63) is 66.8 Å². The molecule has 1 aromatic rings. The molecule has 0 aliphatic heterocycles. The van der Waals surface area contributed by atoms with Gasteiger partial charge in [0, 0.05) is 6.42 Å². The number of benzene rings is 1. The maximum absolute atomic E-state index is 11.9. The molecule has 1 aromatic carbocycles. The van der Waals surface area contributed by atoms with Gasteiger partial charge in [-0.1, -0.05) is 43.5 Å². The molecular weight excluding hydrogens is 240 g/mol. The van der Waals surface area contributed by atoms with Crippen molar-refractivity contribution in [1.29, 1.82) is 0 Å². The first-order valence-electron chi connectivity index (χ1n) is 5.97. The van der Waals surface area contributed by atoms with Crippen LogP contribution in [-0.2, 0) is 4.74 Å². The lowest BCUT2D eigenvalue weighted by Crippen LogP contribution is -2.08. The Morgan fingerprint density at radius 1 is 1.32 bits per heavy atom. The molecule has 100 valence electrons. The first-order valence-corrected chi connectivity index (χ1v) is 5.97. The van der Waals surface area contributed by atoms with Gasteiger partial charge in [0.1, 0.15) is 11.3 Å². The van der Waals surface area contributed by atoms with Crippen LogP contribution in [0.25, 0.3) is 0 Å². The minimum absolute atomic E-state index is 0.294. The quantitative estimate of drug-likeness (QED) is 0.554. The number of hydrogen-bond donors (Lipinski definition) is 0. The molecule has 3 heteroatoms. The summed E-state index contributed by atoms with van der Waals surface area (Å²) in [5.41, 5.74) is 1.40. The SMILES string of the molecule is C=C/C=C(\C=C)CCOC(=O)c1ccccc1OC. The highest BCUT2D eigenvalue weighted by molar-refractivity contribution is 5.92. The Kier molecular flexibility index (Phi) is 6.16. The van der Waals surface area contributed by atoms with Gasteiger partial charge in [0.15, 0.2) is 0 Å². The van der Waals surface area contributed by atoms with Crippen LogP contribution in [0.15, 0.2) is 61.2 Å². The van der Waals surface area contributed by atoms with E-state index in [-0.39, 0.29) is 5.97 Å². The summed E-state index contributed by atoms with van der Waals surface area (Å²) in [5, 5.41) is 0. The number of para-hydroxylation sites is 1. The third-order valence-electron chi connectivity index (χ3n) is 2.54. The summed E-state index contributed by atoms with van der Waals surface area (Å²) in [6.45, 7) is 7.59. The number of carbonyl (C=O) groups excluding carboxylic acids is 1. The zero-order valence-electron chi connectivity index (χ0n) is 11.1. The van der Waals surface area contributed by atoms with E-state index in [0.29, 0.717) is 24.3 Å². The summed E-state index contributed by atoms with van der Waals surface area (Å²) in [6.07, 6.45) is 5.85. The van der Waals surface area contributed by atoms with Crippen LogP contribution in [0, 0.1) is 0 Å². The third-order valence-corrected chi connectivity index (χ3v) is 2.54. The van der Waals surface area contributed by atoms with Crippen molar-refractivity contribution >= 4 is 5.97 Å². The van der Waals surface area contributed by atoms with Gasteiger partial charge in [0.05, 0.1) is 13.7 Å². The van der Waals surface area contributed by atoms with Gasteiger partial charge >= 0.3 is 5.97 Å². The number of methoxy groups -OCH3 is 1. The van der Waals surface area contributed by atoms with Crippen molar-refractivity contribution in [2.45, 2.75) is 6.42 Å². The van der Waals surface area contributed by atoms with Crippen LogP contribution >= 0.6 is 0 Å². The van der Waals surface area contributed by atoms with Crippen molar-refractivity contribution in [3.8, 4) is 5.75 Å². The summed E-state index contributed by atoms with van der Waals surface area (Å²) in [6, 6.07) is 6.97. The van der Waals surface area contributed by atoms with E-state index < -0.39 is 0 Å². The van der Waals surface area contributed by atoms with Crippen LogP contribution in [0.5, 0.6) is 5.75 Å². The Morgan fingerprint density at radius 3 is 2.68 bits per heavy atom. The fourth-order valence-electron chi connectivity index (χ4n) is 1.56. The maximum Gasteiger partial charge on any atom is 0.341 e. The molecule has 0 N–H and O–H groups in total. The average Bonchev–Trinajstić information content (AvgIpc) is 2.46. The molecule has 19 heavy (non-hydrogen) atoms. The number of esters is 1. The van der Waals surface area contributed by atoms with Gasteiger partial charge in [-0.05, 0) is 17.7 Å². The Hall–Kier alpha value is -2.29. The highest BCUT2D eigenvalue weighted by atomic mass is 16.5. The lowest BCUT2D eigenvalue weighted by molar-refractivity contribution is 0.0506. The molecule has 0 spiro atoms. The number of ether oxygens (including phenoxy) is 2. The minimum Gasteiger partial charge on any atom is -0.496 e. The van der Waals surface area contributed by atoms with E-state index in [9.17, 15) is 4.79 Å². The van der Waals surface area contributed by atoms with Gasteiger partial charge in [-0.2, -0.15) is 0 Å². The fourth-order valence-corrected chi connectivity index (χ4v) is 1.56. The molecule has 0 unspecified atom stereocenters. The van der Waals surface area contributed by atoms with E-state index in [1.165, 1.54) is 7.11 Å².